The molecule has 0 radical (unpaired) electrons. The molecule has 1 heterocycles. The Kier molecular flexibility index (Phi) is 7.63. The van der Waals surface area contributed by atoms with Crippen molar-refractivity contribution in [3.05, 3.63) is 23.5 Å². The third-order valence-electron chi connectivity index (χ3n) is 2.96. The van der Waals surface area contributed by atoms with E-state index in [9.17, 15) is 0 Å². The van der Waals surface area contributed by atoms with Crippen molar-refractivity contribution in [3.8, 4) is 6.07 Å². The Morgan fingerprint density at radius 2 is 2.11 bits per heavy atom. The predicted octanol–water partition coefficient (Wildman–Crippen LogP) is 2.91. The van der Waals surface area contributed by atoms with Gasteiger partial charge in [0.15, 0.2) is 0 Å². The lowest BCUT2D eigenvalue weighted by Crippen LogP contribution is -2.14. The SMILES string of the molecule is CSCCCCCCNCc1cc(C#N)n(C)c1. The average molecular weight is 265 g/mol. The first-order valence-electron chi connectivity index (χ1n) is 6.53. The number of aromatic nitrogens is 1. The zero-order chi connectivity index (χ0) is 13.2. The van der Waals surface area contributed by atoms with Crippen LogP contribution in [0.1, 0.15) is 36.9 Å². The van der Waals surface area contributed by atoms with E-state index in [-0.39, 0.29) is 0 Å². The second kappa shape index (κ2) is 9.07. The number of unbranched alkanes of at least 4 members (excludes halogenated alkanes) is 3. The van der Waals surface area contributed by atoms with Crippen LogP contribution in [0.15, 0.2) is 12.3 Å². The summed E-state index contributed by atoms with van der Waals surface area (Å²) in [7, 11) is 1.91. The fraction of sp³-hybridized carbons (Fsp3) is 0.643. The number of hydrogen-bond donors (Lipinski definition) is 1. The molecule has 0 bridgehead atoms. The van der Waals surface area contributed by atoms with E-state index in [4.69, 9.17) is 5.26 Å². The highest BCUT2D eigenvalue weighted by Crippen LogP contribution is 2.06. The van der Waals surface area contributed by atoms with E-state index in [0.717, 1.165) is 18.8 Å². The molecule has 0 aliphatic carbocycles. The topological polar surface area (TPSA) is 40.8 Å². The minimum Gasteiger partial charge on any atom is -0.342 e. The van der Waals surface area contributed by atoms with Crippen LogP contribution in [0.3, 0.4) is 0 Å². The second-order valence-electron chi connectivity index (χ2n) is 4.54. The van der Waals surface area contributed by atoms with Crippen molar-refractivity contribution < 1.29 is 0 Å². The number of nitrogens with zero attached hydrogens (tertiary/aromatic N) is 2. The Labute approximate surface area is 115 Å². The molecule has 0 atom stereocenters. The van der Waals surface area contributed by atoms with Crippen molar-refractivity contribution >= 4 is 11.8 Å². The summed E-state index contributed by atoms with van der Waals surface area (Å²) in [5, 5.41) is 12.3. The third-order valence-corrected chi connectivity index (χ3v) is 3.65. The number of nitriles is 1. The van der Waals surface area contributed by atoms with Crippen molar-refractivity contribution in [3.63, 3.8) is 0 Å². The van der Waals surface area contributed by atoms with Crippen LogP contribution in [0.5, 0.6) is 0 Å². The summed E-state index contributed by atoms with van der Waals surface area (Å²) in [6.45, 7) is 1.93. The van der Waals surface area contributed by atoms with Crippen molar-refractivity contribution in [1.29, 1.82) is 5.26 Å². The van der Waals surface area contributed by atoms with Gasteiger partial charge >= 0.3 is 0 Å². The predicted molar refractivity (Wildman–Crippen MR) is 78.7 cm³/mol. The van der Waals surface area contributed by atoms with Crippen molar-refractivity contribution in [2.24, 2.45) is 7.05 Å². The van der Waals surface area contributed by atoms with Gasteiger partial charge in [0.05, 0.1) is 0 Å². The molecule has 3 nitrogen and oxygen atoms in total. The lowest BCUT2D eigenvalue weighted by atomic mass is 10.2. The fourth-order valence-corrected chi connectivity index (χ4v) is 2.42. The maximum atomic E-state index is 8.85. The molecule has 1 rings (SSSR count). The maximum Gasteiger partial charge on any atom is 0.120 e. The zero-order valence-corrected chi connectivity index (χ0v) is 12.2. The van der Waals surface area contributed by atoms with Gasteiger partial charge < -0.3 is 9.88 Å². The number of thioether (sulfide) groups is 1. The Morgan fingerprint density at radius 3 is 2.78 bits per heavy atom. The first kappa shape index (κ1) is 15.1. The molecular formula is C14H23N3S. The highest BCUT2D eigenvalue weighted by atomic mass is 32.2. The summed E-state index contributed by atoms with van der Waals surface area (Å²) in [5.74, 6) is 1.29. The van der Waals surface area contributed by atoms with Gasteiger partial charge in [0.1, 0.15) is 11.8 Å². The average Bonchev–Trinajstić information content (AvgIpc) is 2.73. The highest BCUT2D eigenvalue weighted by molar-refractivity contribution is 7.98. The van der Waals surface area contributed by atoms with Gasteiger partial charge in [0.2, 0.25) is 0 Å². The Bertz CT molecular complexity index is 379. The quantitative estimate of drug-likeness (QED) is 0.698. The summed E-state index contributed by atoms with van der Waals surface area (Å²) in [5.41, 5.74) is 1.92. The lowest BCUT2D eigenvalue weighted by Gasteiger charge is -2.03. The van der Waals surface area contributed by atoms with Crippen molar-refractivity contribution in [2.45, 2.75) is 32.2 Å². The van der Waals surface area contributed by atoms with Gasteiger partial charge in [0, 0.05) is 19.8 Å². The van der Waals surface area contributed by atoms with Gasteiger partial charge in [-0.3, -0.25) is 0 Å². The summed E-state index contributed by atoms with van der Waals surface area (Å²) in [6, 6.07) is 4.13. The Balaban J connectivity index is 2.05. The third kappa shape index (κ3) is 5.61. The molecule has 0 aliphatic rings. The van der Waals surface area contributed by atoms with Gasteiger partial charge in [-0.25, -0.2) is 0 Å². The van der Waals surface area contributed by atoms with Crippen molar-refractivity contribution in [1.82, 2.24) is 9.88 Å². The van der Waals surface area contributed by atoms with Gasteiger partial charge in [-0.15, -0.1) is 0 Å². The second-order valence-corrected chi connectivity index (χ2v) is 5.53. The molecule has 100 valence electrons. The molecular weight excluding hydrogens is 242 g/mol. The molecule has 0 saturated heterocycles. The van der Waals surface area contributed by atoms with Crippen LogP contribution in [0.4, 0.5) is 0 Å². The van der Waals surface area contributed by atoms with Gasteiger partial charge in [-0.1, -0.05) is 12.8 Å². The number of hydrogen-bond acceptors (Lipinski definition) is 3. The zero-order valence-electron chi connectivity index (χ0n) is 11.4. The minimum atomic E-state index is 0.726. The first-order valence-corrected chi connectivity index (χ1v) is 7.92. The molecule has 18 heavy (non-hydrogen) atoms. The van der Waals surface area contributed by atoms with Gasteiger partial charge in [0.25, 0.3) is 0 Å². The lowest BCUT2D eigenvalue weighted by molar-refractivity contribution is 0.599. The van der Waals surface area contributed by atoms with Gasteiger partial charge in [-0.2, -0.15) is 17.0 Å². The molecule has 1 aromatic rings. The summed E-state index contributed by atoms with van der Waals surface area (Å²) in [4.78, 5) is 0. The number of rotatable bonds is 9. The van der Waals surface area contributed by atoms with E-state index in [1.165, 1.54) is 37.0 Å². The summed E-state index contributed by atoms with van der Waals surface area (Å²) in [6.07, 6.45) is 9.41. The van der Waals surface area contributed by atoms with E-state index >= 15 is 0 Å². The summed E-state index contributed by atoms with van der Waals surface area (Å²) < 4.78 is 1.87. The first-order chi connectivity index (χ1) is 8.77. The molecule has 0 amide bonds. The molecule has 0 saturated carbocycles. The largest absolute Gasteiger partial charge is 0.342 e. The van der Waals surface area contributed by atoms with Crippen molar-refractivity contribution in [2.75, 3.05) is 18.6 Å². The van der Waals surface area contributed by atoms with E-state index in [2.05, 4.69) is 17.6 Å². The number of aryl methyl sites for hydroxylation is 1. The van der Waals surface area contributed by atoms with E-state index in [0.29, 0.717) is 0 Å². The van der Waals surface area contributed by atoms with Crippen LogP contribution in [-0.2, 0) is 13.6 Å². The van der Waals surface area contributed by atoms with E-state index < -0.39 is 0 Å². The molecule has 0 aromatic carbocycles. The molecule has 1 N–H and O–H groups in total. The van der Waals surface area contributed by atoms with E-state index in [1.54, 1.807) is 0 Å². The Hall–Kier alpha value is -0.920. The molecule has 0 fully saturated rings. The molecule has 0 aliphatic heterocycles. The number of nitrogens with one attached hydrogen (secondary N) is 1. The van der Waals surface area contributed by atoms with Crippen LogP contribution in [0, 0.1) is 11.3 Å². The van der Waals surface area contributed by atoms with Crippen LogP contribution in [0.2, 0.25) is 0 Å². The van der Waals surface area contributed by atoms with Crippen LogP contribution in [0.25, 0.3) is 0 Å². The standard InChI is InChI=1S/C14H23N3S/c1-17-12-13(9-14(17)10-15)11-16-7-5-3-4-6-8-18-2/h9,12,16H,3-8,11H2,1-2H3. The van der Waals surface area contributed by atoms with Crippen LogP contribution < -0.4 is 5.32 Å². The van der Waals surface area contributed by atoms with Crippen LogP contribution >= 0.6 is 11.8 Å². The fourth-order valence-electron chi connectivity index (χ4n) is 1.92. The normalized spacial score (nSPS) is 10.5. The minimum absolute atomic E-state index is 0.726. The monoisotopic (exact) mass is 265 g/mol. The highest BCUT2D eigenvalue weighted by Gasteiger charge is 2.01. The molecule has 0 spiro atoms. The molecule has 0 unspecified atom stereocenters. The van der Waals surface area contributed by atoms with Crippen LogP contribution in [-0.4, -0.2) is 23.1 Å². The molecule has 4 heteroatoms. The maximum absolute atomic E-state index is 8.85. The van der Waals surface area contributed by atoms with E-state index in [1.807, 2.05) is 35.6 Å². The molecule has 1 aromatic heterocycles. The Morgan fingerprint density at radius 1 is 1.33 bits per heavy atom. The van der Waals surface area contributed by atoms with Gasteiger partial charge in [-0.05, 0) is 43.0 Å². The smallest absolute Gasteiger partial charge is 0.120 e. The summed E-state index contributed by atoms with van der Waals surface area (Å²) >= 11 is 1.93.